The summed E-state index contributed by atoms with van der Waals surface area (Å²) in [5.41, 5.74) is 15.3. The van der Waals surface area contributed by atoms with Gasteiger partial charge >= 0.3 is 0 Å². The lowest BCUT2D eigenvalue weighted by molar-refractivity contribution is 0.718. The zero-order valence-corrected chi connectivity index (χ0v) is 14.3. The van der Waals surface area contributed by atoms with Gasteiger partial charge in [-0.1, -0.05) is 57.9 Å². The molecule has 0 unspecified atom stereocenters. The number of allylic oxidation sites excluding steroid dienone is 4. The van der Waals surface area contributed by atoms with E-state index in [0.29, 0.717) is 5.69 Å². The van der Waals surface area contributed by atoms with E-state index in [1.807, 2.05) is 12.1 Å². The van der Waals surface area contributed by atoms with E-state index in [9.17, 15) is 0 Å². The predicted octanol–water partition coefficient (Wildman–Crippen LogP) is 6.58. The molecule has 1 aromatic rings. The lowest BCUT2D eigenvalue weighted by Crippen LogP contribution is -1.94. The zero-order valence-electron chi connectivity index (χ0n) is 14.3. The van der Waals surface area contributed by atoms with Crippen molar-refractivity contribution in [1.82, 2.24) is 0 Å². The molecule has 3 N–H and O–H groups in total. The van der Waals surface area contributed by atoms with Crippen molar-refractivity contribution in [2.24, 2.45) is 5.11 Å². The van der Waals surface area contributed by atoms with E-state index in [2.05, 4.69) is 50.2 Å². The molecule has 1 aromatic carbocycles. The summed E-state index contributed by atoms with van der Waals surface area (Å²) >= 11 is 0. The summed E-state index contributed by atoms with van der Waals surface area (Å²) in [5.74, 6) is 0. The highest BCUT2D eigenvalue weighted by atomic mass is 15.0. The van der Waals surface area contributed by atoms with Crippen molar-refractivity contribution < 1.29 is 0 Å². The van der Waals surface area contributed by atoms with Gasteiger partial charge in [0, 0.05) is 5.69 Å². The van der Waals surface area contributed by atoms with Crippen LogP contribution in [0.5, 0.6) is 0 Å². The third-order valence-corrected chi connectivity index (χ3v) is 3.16. The third-order valence-electron chi connectivity index (χ3n) is 3.16. The van der Waals surface area contributed by atoms with Crippen molar-refractivity contribution in [2.75, 3.05) is 5.73 Å². The molecule has 3 heteroatoms. The van der Waals surface area contributed by atoms with E-state index in [0.717, 1.165) is 36.9 Å². The van der Waals surface area contributed by atoms with E-state index in [-0.39, 0.29) is 0 Å². The topological polar surface area (TPSA) is 62.2 Å². The van der Waals surface area contributed by atoms with Crippen LogP contribution in [0.3, 0.4) is 0 Å². The number of aryl methyl sites for hydroxylation is 1. The Bertz CT molecular complexity index is 450. The number of nitrogen functional groups attached to an aromatic ring is 1. The average Bonchev–Trinajstić information content (AvgIpc) is 2.54. The number of hydrogen-bond acceptors (Lipinski definition) is 3. The molecule has 0 fully saturated rings. The van der Waals surface area contributed by atoms with Gasteiger partial charge in [0.2, 0.25) is 0 Å². The molecule has 0 radical (unpaired) electrons. The Kier molecular flexibility index (Phi) is 12.8. The van der Waals surface area contributed by atoms with Crippen molar-refractivity contribution >= 4 is 11.4 Å². The minimum absolute atomic E-state index is 0.686. The molecule has 0 spiro atoms. The van der Waals surface area contributed by atoms with E-state index in [1.165, 1.54) is 12.8 Å². The molecule has 122 valence electrons. The maximum Gasteiger partial charge on any atom is 0.0854 e. The first kappa shape index (κ1) is 20.1. The molecule has 0 saturated heterocycles. The van der Waals surface area contributed by atoms with E-state index in [1.54, 1.807) is 6.07 Å². The van der Waals surface area contributed by atoms with Crippen LogP contribution in [0.15, 0.2) is 47.6 Å². The molecule has 0 aliphatic heterocycles. The number of nitrogens with two attached hydrogens (primary N) is 1. The number of anilines is 1. The number of unbranched alkanes of at least 4 members (excludes halogenated alkanes) is 2. The van der Waals surface area contributed by atoms with Crippen LogP contribution in [0.25, 0.3) is 0 Å². The van der Waals surface area contributed by atoms with E-state index >= 15 is 0 Å². The molecule has 0 bridgehead atoms. The molecular formula is C19H31N3. The normalized spacial score (nSPS) is 10.7. The Labute approximate surface area is 135 Å². The summed E-state index contributed by atoms with van der Waals surface area (Å²) in [6.07, 6.45) is 15.3. The monoisotopic (exact) mass is 301 g/mol. The maximum absolute atomic E-state index is 6.91. The lowest BCUT2D eigenvalue weighted by atomic mass is 10.0. The maximum atomic E-state index is 6.91. The Morgan fingerprint density at radius 3 is 2.18 bits per heavy atom. The molecule has 0 saturated carbocycles. The highest BCUT2D eigenvalue weighted by Crippen LogP contribution is 2.21. The fourth-order valence-corrected chi connectivity index (χ4v) is 1.87. The third kappa shape index (κ3) is 9.92. The number of nitrogens with one attached hydrogen (secondary N) is 1. The first-order valence-electron chi connectivity index (χ1n) is 8.27. The molecule has 0 atom stereocenters. The average molecular weight is 301 g/mol. The second-order valence-electron chi connectivity index (χ2n) is 5.12. The van der Waals surface area contributed by atoms with Crippen molar-refractivity contribution in [3.63, 3.8) is 0 Å². The molecule has 0 amide bonds. The fraction of sp³-hybridized carbons (Fsp3) is 0.474. The van der Waals surface area contributed by atoms with E-state index < -0.39 is 0 Å². The Morgan fingerprint density at radius 1 is 1.05 bits per heavy atom. The SMILES string of the molecule is CC/C=C\C=C/CC.CCCCCc1cc(N=N)ccc1N. The van der Waals surface area contributed by atoms with Gasteiger partial charge in [-0.05, 0) is 49.4 Å². The first-order chi connectivity index (χ1) is 10.7. The van der Waals surface area contributed by atoms with Crippen LogP contribution < -0.4 is 5.73 Å². The Hall–Kier alpha value is -1.90. The van der Waals surface area contributed by atoms with E-state index in [4.69, 9.17) is 11.3 Å². The van der Waals surface area contributed by atoms with Gasteiger partial charge in [0.1, 0.15) is 0 Å². The number of nitrogens with zero attached hydrogens (tertiary/aromatic N) is 1. The second kappa shape index (κ2) is 14.1. The van der Waals surface area contributed by atoms with Gasteiger partial charge in [-0.3, -0.25) is 0 Å². The summed E-state index contributed by atoms with van der Waals surface area (Å²) in [4.78, 5) is 0. The van der Waals surface area contributed by atoms with Gasteiger partial charge in [-0.15, -0.1) is 0 Å². The van der Waals surface area contributed by atoms with Crippen LogP contribution >= 0.6 is 0 Å². The lowest BCUT2D eigenvalue weighted by Gasteiger charge is -2.05. The molecule has 22 heavy (non-hydrogen) atoms. The van der Waals surface area contributed by atoms with Crippen LogP contribution in [0.4, 0.5) is 11.4 Å². The summed E-state index contributed by atoms with van der Waals surface area (Å²) in [6, 6.07) is 5.50. The van der Waals surface area contributed by atoms with Gasteiger partial charge in [0.25, 0.3) is 0 Å². The second-order valence-corrected chi connectivity index (χ2v) is 5.12. The van der Waals surface area contributed by atoms with Crippen LogP contribution in [0.1, 0.15) is 58.4 Å². The van der Waals surface area contributed by atoms with Crippen molar-refractivity contribution in [2.45, 2.75) is 59.3 Å². The van der Waals surface area contributed by atoms with Crippen LogP contribution in [-0.4, -0.2) is 0 Å². The molecule has 0 aliphatic rings. The first-order valence-corrected chi connectivity index (χ1v) is 8.27. The number of rotatable bonds is 8. The molecule has 0 heterocycles. The van der Waals surface area contributed by atoms with Crippen LogP contribution in [0, 0.1) is 5.53 Å². The predicted molar refractivity (Wildman–Crippen MR) is 97.8 cm³/mol. The van der Waals surface area contributed by atoms with Crippen LogP contribution in [0.2, 0.25) is 0 Å². The summed E-state index contributed by atoms with van der Waals surface area (Å²) < 4.78 is 0. The quantitative estimate of drug-likeness (QED) is 0.242. The van der Waals surface area contributed by atoms with Gasteiger partial charge in [0.05, 0.1) is 5.69 Å². The minimum Gasteiger partial charge on any atom is -0.399 e. The smallest absolute Gasteiger partial charge is 0.0854 e. The summed E-state index contributed by atoms with van der Waals surface area (Å²) in [7, 11) is 0. The summed E-state index contributed by atoms with van der Waals surface area (Å²) in [6.45, 7) is 6.45. The van der Waals surface area contributed by atoms with Crippen LogP contribution in [-0.2, 0) is 6.42 Å². The minimum atomic E-state index is 0.686. The van der Waals surface area contributed by atoms with Crippen molar-refractivity contribution in [3.05, 3.63) is 48.1 Å². The molecule has 0 aliphatic carbocycles. The Morgan fingerprint density at radius 2 is 1.68 bits per heavy atom. The highest BCUT2D eigenvalue weighted by Gasteiger charge is 2.00. The van der Waals surface area contributed by atoms with Gasteiger partial charge in [0.15, 0.2) is 0 Å². The number of benzene rings is 1. The Balaban J connectivity index is 0.000000472. The van der Waals surface area contributed by atoms with Crippen molar-refractivity contribution in [1.29, 1.82) is 5.53 Å². The standard InChI is InChI=1S/C11H17N3.C8H14/c1-2-3-4-5-9-8-10(14-13)6-7-11(9)12;1-3-5-7-8-6-4-2/h6-8,13H,2-5,12H2,1H3;5-8H,3-4H2,1-2H3/b;7-5-,8-6-. The summed E-state index contributed by atoms with van der Waals surface area (Å²) in [5, 5.41) is 3.40. The van der Waals surface area contributed by atoms with Gasteiger partial charge < -0.3 is 5.73 Å². The molecule has 3 nitrogen and oxygen atoms in total. The fourth-order valence-electron chi connectivity index (χ4n) is 1.87. The molecule has 0 aromatic heterocycles. The molecule has 1 rings (SSSR count). The largest absolute Gasteiger partial charge is 0.399 e. The van der Waals surface area contributed by atoms with Crippen molar-refractivity contribution in [3.8, 4) is 0 Å². The van der Waals surface area contributed by atoms with Gasteiger partial charge in [-0.2, -0.15) is 5.11 Å². The van der Waals surface area contributed by atoms with Gasteiger partial charge in [-0.25, -0.2) is 5.53 Å². The molecular weight excluding hydrogens is 270 g/mol. The number of hydrogen-bond donors (Lipinski definition) is 2. The zero-order chi connectivity index (χ0) is 16.6. The highest BCUT2D eigenvalue weighted by molar-refractivity contribution is 5.54.